The van der Waals surface area contributed by atoms with Gasteiger partial charge in [-0.1, -0.05) is 6.07 Å². The first kappa shape index (κ1) is 13.4. The number of rotatable bonds is 5. The maximum Gasteiger partial charge on any atom is 0.130 e. The molecule has 1 N–H and O–H groups in total. The third kappa shape index (κ3) is 3.50. The van der Waals surface area contributed by atoms with Crippen LogP contribution < -0.4 is 5.32 Å². The zero-order valence-corrected chi connectivity index (χ0v) is 10.6. The van der Waals surface area contributed by atoms with Crippen LogP contribution in [-0.2, 0) is 4.74 Å². The Kier molecular flexibility index (Phi) is 4.66. The van der Waals surface area contributed by atoms with Gasteiger partial charge >= 0.3 is 0 Å². The molecule has 1 fully saturated rings. The monoisotopic (exact) mass is 255 g/mol. The molecular weight excluding hydrogens is 236 g/mol. The van der Waals surface area contributed by atoms with E-state index in [2.05, 4.69) is 5.32 Å². The van der Waals surface area contributed by atoms with Gasteiger partial charge < -0.3 is 10.1 Å². The van der Waals surface area contributed by atoms with Crippen LogP contribution in [-0.4, -0.2) is 19.8 Å². The third-order valence-electron chi connectivity index (χ3n) is 3.46. The SMILES string of the molecule is CC(NCCC1CCOC1)c1ccc(F)cc1F. The van der Waals surface area contributed by atoms with E-state index in [-0.39, 0.29) is 6.04 Å². The summed E-state index contributed by atoms with van der Waals surface area (Å²) in [6, 6.07) is 3.62. The van der Waals surface area contributed by atoms with Crippen LogP contribution in [0.2, 0.25) is 0 Å². The molecule has 2 unspecified atom stereocenters. The molecule has 1 aliphatic rings. The minimum Gasteiger partial charge on any atom is -0.381 e. The molecule has 4 heteroatoms. The summed E-state index contributed by atoms with van der Waals surface area (Å²) in [4.78, 5) is 0. The Morgan fingerprint density at radius 2 is 2.28 bits per heavy atom. The van der Waals surface area contributed by atoms with Crippen molar-refractivity contribution in [3.8, 4) is 0 Å². The van der Waals surface area contributed by atoms with Crippen molar-refractivity contribution in [1.29, 1.82) is 0 Å². The lowest BCUT2D eigenvalue weighted by atomic mass is 10.0. The Hall–Kier alpha value is -1.00. The lowest BCUT2D eigenvalue weighted by Gasteiger charge is -2.16. The van der Waals surface area contributed by atoms with E-state index in [9.17, 15) is 8.78 Å². The zero-order chi connectivity index (χ0) is 13.0. The highest BCUT2D eigenvalue weighted by Gasteiger charge is 2.16. The molecule has 0 radical (unpaired) electrons. The first-order chi connectivity index (χ1) is 8.66. The molecule has 2 rings (SSSR count). The van der Waals surface area contributed by atoms with Crippen LogP contribution in [0.15, 0.2) is 18.2 Å². The Bertz CT molecular complexity index is 391. The Morgan fingerprint density at radius 1 is 1.44 bits per heavy atom. The van der Waals surface area contributed by atoms with E-state index in [1.165, 1.54) is 12.1 Å². The molecule has 1 aromatic carbocycles. The van der Waals surface area contributed by atoms with Crippen molar-refractivity contribution in [2.45, 2.75) is 25.8 Å². The van der Waals surface area contributed by atoms with E-state index in [4.69, 9.17) is 4.74 Å². The lowest BCUT2D eigenvalue weighted by molar-refractivity contribution is 0.184. The summed E-state index contributed by atoms with van der Waals surface area (Å²) >= 11 is 0. The molecular formula is C14H19F2NO. The van der Waals surface area contributed by atoms with E-state index in [1.54, 1.807) is 0 Å². The quantitative estimate of drug-likeness (QED) is 0.873. The second kappa shape index (κ2) is 6.25. The normalized spacial score (nSPS) is 21.2. The fourth-order valence-electron chi connectivity index (χ4n) is 2.28. The van der Waals surface area contributed by atoms with Crippen LogP contribution in [0.3, 0.4) is 0 Å². The lowest BCUT2D eigenvalue weighted by Crippen LogP contribution is -2.22. The summed E-state index contributed by atoms with van der Waals surface area (Å²) in [7, 11) is 0. The van der Waals surface area contributed by atoms with E-state index in [0.29, 0.717) is 11.5 Å². The fraction of sp³-hybridized carbons (Fsp3) is 0.571. The molecule has 18 heavy (non-hydrogen) atoms. The van der Waals surface area contributed by atoms with Crippen molar-refractivity contribution in [2.75, 3.05) is 19.8 Å². The van der Waals surface area contributed by atoms with Gasteiger partial charge in [0.1, 0.15) is 11.6 Å². The second-order valence-electron chi connectivity index (χ2n) is 4.86. The van der Waals surface area contributed by atoms with E-state index >= 15 is 0 Å². The minimum absolute atomic E-state index is 0.104. The van der Waals surface area contributed by atoms with Gasteiger partial charge in [0.15, 0.2) is 0 Å². The first-order valence-corrected chi connectivity index (χ1v) is 6.43. The number of benzene rings is 1. The highest BCUT2D eigenvalue weighted by molar-refractivity contribution is 5.21. The number of halogens is 2. The van der Waals surface area contributed by atoms with Crippen LogP contribution in [0, 0.1) is 17.6 Å². The molecule has 0 aromatic heterocycles. The Labute approximate surface area is 106 Å². The number of hydrogen-bond donors (Lipinski definition) is 1. The van der Waals surface area contributed by atoms with Gasteiger partial charge in [-0.3, -0.25) is 0 Å². The second-order valence-corrected chi connectivity index (χ2v) is 4.86. The largest absolute Gasteiger partial charge is 0.381 e. The molecule has 0 bridgehead atoms. The molecule has 0 amide bonds. The van der Waals surface area contributed by atoms with Crippen molar-refractivity contribution in [3.05, 3.63) is 35.4 Å². The van der Waals surface area contributed by atoms with E-state index in [1.807, 2.05) is 6.92 Å². The van der Waals surface area contributed by atoms with E-state index < -0.39 is 11.6 Å². The molecule has 2 atom stereocenters. The molecule has 100 valence electrons. The Morgan fingerprint density at radius 3 is 2.94 bits per heavy atom. The van der Waals surface area contributed by atoms with Gasteiger partial charge in [0, 0.05) is 30.9 Å². The molecule has 0 spiro atoms. The standard InChI is InChI=1S/C14H19F2NO/c1-10(13-3-2-12(15)8-14(13)16)17-6-4-11-5-7-18-9-11/h2-3,8,10-11,17H,4-7,9H2,1H3. The molecule has 0 saturated carbocycles. The van der Waals surface area contributed by atoms with Crippen molar-refractivity contribution in [3.63, 3.8) is 0 Å². The number of ether oxygens (including phenoxy) is 1. The maximum absolute atomic E-state index is 13.5. The smallest absolute Gasteiger partial charge is 0.130 e. The van der Waals surface area contributed by atoms with Crippen LogP contribution in [0.4, 0.5) is 8.78 Å². The van der Waals surface area contributed by atoms with Gasteiger partial charge in [-0.2, -0.15) is 0 Å². The van der Waals surface area contributed by atoms with Crippen LogP contribution in [0.1, 0.15) is 31.4 Å². The first-order valence-electron chi connectivity index (χ1n) is 6.43. The summed E-state index contributed by atoms with van der Waals surface area (Å²) in [5.41, 5.74) is 0.513. The van der Waals surface area contributed by atoms with Gasteiger partial charge in [-0.25, -0.2) is 8.78 Å². The average molecular weight is 255 g/mol. The fourth-order valence-corrected chi connectivity index (χ4v) is 2.28. The molecule has 1 saturated heterocycles. The van der Waals surface area contributed by atoms with Gasteiger partial charge in [-0.15, -0.1) is 0 Å². The Balaban J connectivity index is 1.81. The molecule has 1 aliphatic heterocycles. The summed E-state index contributed by atoms with van der Waals surface area (Å²) in [6.45, 7) is 4.40. The van der Waals surface area contributed by atoms with Crippen molar-refractivity contribution >= 4 is 0 Å². The van der Waals surface area contributed by atoms with Gasteiger partial charge in [0.05, 0.1) is 0 Å². The summed E-state index contributed by atoms with van der Waals surface area (Å²) in [5.74, 6) is -0.409. The van der Waals surface area contributed by atoms with Crippen LogP contribution in [0.5, 0.6) is 0 Å². The highest BCUT2D eigenvalue weighted by Crippen LogP contribution is 2.19. The maximum atomic E-state index is 13.5. The minimum atomic E-state index is -0.536. The van der Waals surface area contributed by atoms with Gasteiger partial charge in [-0.05, 0) is 38.3 Å². The number of nitrogens with one attached hydrogen (secondary N) is 1. The molecule has 1 aromatic rings. The van der Waals surface area contributed by atoms with Crippen LogP contribution >= 0.6 is 0 Å². The van der Waals surface area contributed by atoms with Crippen molar-refractivity contribution < 1.29 is 13.5 Å². The summed E-state index contributed by atoms with van der Waals surface area (Å²) in [5, 5.41) is 3.27. The topological polar surface area (TPSA) is 21.3 Å². The van der Waals surface area contributed by atoms with Crippen LogP contribution in [0.25, 0.3) is 0 Å². The van der Waals surface area contributed by atoms with E-state index in [0.717, 1.165) is 38.7 Å². The summed E-state index contributed by atoms with van der Waals surface area (Å²) in [6.07, 6.45) is 2.15. The van der Waals surface area contributed by atoms with Gasteiger partial charge in [0.2, 0.25) is 0 Å². The molecule has 0 aliphatic carbocycles. The predicted octanol–water partition coefficient (Wildman–Crippen LogP) is 3.04. The third-order valence-corrected chi connectivity index (χ3v) is 3.46. The van der Waals surface area contributed by atoms with Crippen molar-refractivity contribution in [2.24, 2.45) is 5.92 Å². The molecule has 1 heterocycles. The van der Waals surface area contributed by atoms with Crippen molar-refractivity contribution in [1.82, 2.24) is 5.32 Å². The zero-order valence-electron chi connectivity index (χ0n) is 10.6. The predicted molar refractivity (Wildman–Crippen MR) is 66.3 cm³/mol. The average Bonchev–Trinajstić information content (AvgIpc) is 2.81. The highest BCUT2D eigenvalue weighted by atomic mass is 19.1. The summed E-state index contributed by atoms with van der Waals surface area (Å²) < 4.78 is 31.6. The van der Waals surface area contributed by atoms with Gasteiger partial charge in [0.25, 0.3) is 0 Å². The number of hydrogen-bond acceptors (Lipinski definition) is 2. The molecule has 2 nitrogen and oxygen atoms in total.